The van der Waals surface area contributed by atoms with E-state index in [1.807, 2.05) is 13.8 Å². The van der Waals surface area contributed by atoms with Gasteiger partial charge in [0.15, 0.2) is 5.78 Å². The van der Waals surface area contributed by atoms with E-state index in [1.165, 1.54) is 7.11 Å². The Hall–Kier alpha value is -2.01. The summed E-state index contributed by atoms with van der Waals surface area (Å²) in [5.74, 6) is -0.962. The van der Waals surface area contributed by atoms with Crippen molar-refractivity contribution in [1.82, 2.24) is 5.32 Å². The van der Waals surface area contributed by atoms with Crippen LogP contribution in [0.4, 0.5) is 0 Å². The third-order valence-corrected chi connectivity index (χ3v) is 2.96. The number of methoxy groups -OCH3 is 1. The SMILES string of the molecule is COC(=O)C(NC(C=O)C(=O)c1ccccc1)C(C)C. The van der Waals surface area contributed by atoms with Gasteiger partial charge >= 0.3 is 5.97 Å². The van der Waals surface area contributed by atoms with Crippen LogP contribution < -0.4 is 5.32 Å². The molecule has 0 aromatic heterocycles. The average molecular weight is 277 g/mol. The van der Waals surface area contributed by atoms with E-state index in [-0.39, 0.29) is 11.7 Å². The minimum atomic E-state index is -1.07. The van der Waals surface area contributed by atoms with Crippen molar-refractivity contribution in [1.29, 1.82) is 0 Å². The zero-order valence-corrected chi connectivity index (χ0v) is 11.8. The number of hydrogen-bond donors (Lipinski definition) is 1. The van der Waals surface area contributed by atoms with E-state index in [4.69, 9.17) is 0 Å². The normalized spacial score (nSPS) is 13.6. The standard InChI is InChI=1S/C15H19NO4/c1-10(2)13(15(19)20-3)16-12(9-17)14(18)11-7-5-4-6-8-11/h4-10,12-13,16H,1-3H3. The van der Waals surface area contributed by atoms with Crippen LogP contribution in [0.3, 0.4) is 0 Å². The lowest BCUT2D eigenvalue weighted by Gasteiger charge is -2.22. The summed E-state index contributed by atoms with van der Waals surface area (Å²) in [6.45, 7) is 3.62. The van der Waals surface area contributed by atoms with Gasteiger partial charge in [-0.3, -0.25) is 14.9 Å². The van der Waals surface area contributed by atoms with Gasteiger partial charge < -0.3 is 9.53 Å². The van der Waals surface area contributed by atoms with Gasteiger partial charge in [-0.1, -0.05) is 44.2 Å². The molecule has 0 bridgehead atoms. The minimum absolute atomic E-state index is 0.103. The molecule has 2 unspecified atom stereocenters. The van der Waals surface area contributed by atoms with E-state index in [0.717, 1.165) is 0 Å². The second-order valence-corrected chi connectivity index (χ2v) is 4.76. The Kier molecular flexibility index (Phi) is 6.06. The van der Waals surface area contributed by atoms with Crippen molar-refractivity contribution < 1.29 is 19.1 Å². The highest BCUT2D eigenvalue weighted by Gasteiger charge is 2.29. The van der Waals surface area contributed by atoms with Crippen LogP contribution in [-0.2, 0) is 14.3 Å². The first kappa shape index (κ1) is 16.0. The number of nitrogens with one attached hydrogen (secondary N) is 1. The molecule has 0 fully saturated rings. The van der Waals surface area contributed by atoms with E-state index >= 15 is 0 Å². The highest BCUT2D eigenvalue weighted by atomic mass is 16.5. The van der Waals surface area contributed by atoms with Crippen molar-refractivity contribution in [3.8, 4) is 0 Å². The Bertz CT molecular complexity index is 470. The first-order valence-electron chi connectivity index (χ1n) is 6.39. The van der Waals surface area contributed by atoms with Gasteiger partial charge in [0.1, 0.15) is 18.4 Å². The maximum absolute atomic E-state index is 12.2. The molecular formula is C15H19NO4. The molecule has 108 valence electrons. The van der Waals surface area contributed by atoms with E-state index < -0.39 is 18.1 Å². The van der Waals surface area contributed by atoms with Crippen LogP contribution in [0.5, 0.6) is 0 Å². The van der Waals surface area contributed by atoms with Crippen molar-refractivity contribution in [3.05, 3.63) is 35.9 Å². The van der Waals surface area contributed by atoms with Crippen LogP contribution in [-0.4, -0.2) is 37.2 Å². The van der Waals surface area contributed by atoms with Crippen molar-refractivity contribution in [2.24, 2.45) is 5.92 Å². The van der Waals surface area contributed by atoms with E-state index in [9.17, 15) is 14.4 Å². The molecule has 0 saturated carbocycles. The van der Waals surface area contributed by atoms with Gasteiger partial charge in [0.25, 0.3) is 0 Å². The molecule has 0 heterocycles. The minimum Gasteiger partial charge on any atom is -0.468 e. The first-order valence-corrected chi connectivity index (χ1v) is 6.39. The first-order chi connectivity index (χ1) is 9.51. The molecule has 0 aliphatic rings. The summed E-state index contributed by atoms with van der Waals surface area (Å²) in [4.78, 5) is 35.0. The molecule has 5 heteroatoms. The lowest BCUT2D eigenvalue weighted by atomic mass is 10.00. The summed E-state index contributed by atoms with van der Waals surface area (Å²) in [5, 5.41) is 2.76. The van der Waals surface area contributed by atoms with Crippen molar-refractivity contribution in [2.75, 3.05) is 7.11 Å². The number of benzene rings is 1. The Morgan fingerprint density at radius 2 is 1.80 bits per heavy atom. The number of aldehydes is 1. The summed E-state index contributed by atoms with van der Waals surface area (Å²) in [5.41, 5.74) is 0.421. The van der Waals surface area contributed by atoms with E-state index in [1.54, 1.807) is 30.3 Å². The van der Waals surface area contributed by atoms with Crippen LogP contribution >= 0.6 is 0 Å². The summed E-state index contributed by atoms with van der Waals surface area (Å²) >= 11 is 0. The molecule has 20 heavy (non-hydrogen) atoms. The largest absolute Gasteiger partial charge is 0.468 e. The predicted molar refractivity (Wildman–Crippen MR) is 74.4 cm³/mol. The van der Waals surface area contributed by atoms with E-state index in [0.29, 0.717) is 11.8 Å². The monoisotopic (exact) mass is 277 g/mol. The Morgan fingerprint density at radius 3 is 2.25 bits per heavy atom. The maximum Gasteiger partial charge on any atom is 0.323 e. The Balaban J connectivity index is 2.88. The molecule has 0 amide bonds. The topological polar surface area (TPSA) is 72.5 Å². The number of carbonyl (C=O) groups is 3. The van der Waals surface area contributed by atoms with Crippen LogP contribution in [0, 0.1) is 5.92 Å². The predicted octanol–water partition coefficient (Wildman–Crippen LogP) is 1.22. The third kappa shape index (κ3) is 3.99. The molecule has 0 aliphatic carbocycles. The van der Waals surface area contributed by atoms with Gasteiger partial charge in [0, 0.05) is 5.56 Å². The number of Topliss-reactive ketones (excluding diaryl/α,β-unsaturated/α-hetero) is 1. The smallest absolute Gasteiger partial charge is 0.323 e. The molecule has 2 atom stereocenters. The number of carbonyl (C=O) groups excluding carboxylic acids is 3. The van der Waals surface area contributed by atoms with Crippen molar-refractivity contribution in [3.63, 3.8) is 0 Å². The van der Waals surface area contributed by atoms with Crippen molar-refractivity contribution >= 4 is 18.0 Å². The molecule has 0 aliphatic heterocycles. The Morgan fingerprint density at radius 1 is 1.20 bits per heavy atom. The van der Waals surface area contributed by atoms with Gasteiger partial charge in [-0.25, -0.2) is 0 Å². The zero-order valence-electron chi connectivity index (χ0n) is 11.8. The second-order valence-electron chi connectivity index (χ2n) is 4.76. The maximum atomic E-state index is 12.2. The number of rotatable bonds is 7. The average Bonchev–Trinajstić information content (AvgIpc) is 2.47. The van der Waals surface area contributed by atoms with Crippen LogP contribution in [0.25, 0.3) is 0 Å². The van der Waals surface area contributed by atoms with Crippen LogP contribution in [0.15, 0.2) is 30.3 Å². The molecule has 0 spiro atoms. The van der Waals surface area contributed by atoms with E-state index in [2.05, 4.69) is 10.1 Å². The molecule has 1 N–H and O–H groups in total. The lowest BCUT2D eigenvalue weighted by molar-refractivity contribution is -0.144. The zero-order chi connectivity index (χ0) is 15.1. The van der Waals surface area contributed by atoms with Gasteiger partial charge in [0.2, 0.25) is 0 Å². The van der Waals surface area contributed by atoms with Crippen LogP contribution in [0.2, 0.25) is 0 Å². The molecule has 0 radical (unpaired) electrons. The van der Waals surface area contributed by atoms with Crippen LogP contribution in [0.1, 0.15) is 24.2 Å². The summed E-state index contributed by atoms with van der Waals surface area (Å²) < 4.78 is 4.68. The molecule has 1 aromatic carbocycles. The quantitative estimate of drug-likeness (QED) is 0.351. The molecule has 1 aromatic rings. The molecular weight excluding hydrogens is 258 g/mol. The van der Waals surface area contributed by atoms with Gasteiger partial charge in [-0.15, -0.1) is 0 Å². The summed E-state index contributed by atoms with van der Waals surface area (Å²) in [7, 11) is 1.27. The number of ether oxygens (including phenoxy) is 1. The molecule has 0 saturated heterocycles. The third-order valence-electron chi connectivity index (χ3n) is 2.96. The Labute approximate surface area is 118 Å². The van der Waals surface area contributed by atoms with Gasteiger partial charge in [-0.05, 0) is 5.92 Å². The van der Waals surface area contributed by atoms with Crippen molar-refractivity contribution in [2.45, 2.75) is 25.9 Å². The second kappa shape index (κ2) is 7.55. The fraction of sp³-hybridized carbons (Fsp3) is 0.400. The fourth-order valence-corrected chi connectivity index (χ4v) is 1.81. The van der Waals surface area contributed by atoms with Gasteiger partial charge in [0.05, 0.1) is 7.11 Å². The highest BCUT2D eigenvalue weighted by molar-refractivity contribution is 6.08. The molecule has 1 rings (SSSR count). The van der Waals surface area contributed by atoms with Gasteiger partial charge in [-0.2, -0.15) is 0 Å². The summed E-state index contributed by atoms with van der Waals surface area (Å²) in [6, 6.07) is 6.70. The summed E-state index contributed by atoms with van der Waals surface area (Å²) in [6.07, 6.45) is 0.508. The number of hydrogen-bond acceptors (Lipinski definition) is 5. The molecule has 5 nitrogen and oxygen atoms in total. The lowest BCUT2D eigenvalue weighted by Crippen LogP contribution is -2.50. The number of esters is 1. The number of ketones is 1. The highest BCUT2D eigenvalue weighted by Crippen LogP contribution is 2.08. The fourth-order valence-electron chi connectivity index (χ4n) is 1.81.